The maximum atomic E-state index is 11.9. The SMILES string of the molecule is COC(=O)c1sc2cccc(I)c2c1C(=O)OC. The van der Waals surface area contributed by atoms with Crippen LogP contribution >= 0.6 is 33.9 Å². The van der Waals surface area contributed by atoms with Crippen LogP contribution in [0.2, 0.25) is 0 Å². The number of halogens is 1. The lowest BCUT2D eigenvalue weighted by molar-refractivity contribution is 0.0561. The molecule has 0 N–H and O–H groups in total. The van der Waals surface area contributed by atoms with Crippen LogP contribution in [0, 0.1) is 3.57 Å². The van der Waals surface area contributed by atoms with E-state index in [1.807, 2.05) is 18.2 Å². The van der Waals surface area contributed by atoms with E-state index in [9.17, 15) is 9.59 Å². The Balaban J connectivity index is 2.82. The molecule has 1 aromatic heterocycles. The molecule has 0 atom stereocenters. The van der Waals surface area contributed by atoms with Crippen molar-refractivity contribution in [3.05, 3.63) is 32.2 Å². The second kappa shape index (κ2) is 5.23. The average molecular weight is 376 g/mol. The lowest BCUT2D eigenvalue weighted by atomic mass is 10.1. The van der Waals surface area contributed by atoms with Crippen LogP contribution in [0.4, 0.5) is 0 Å². The fraction of sp³-hybridized carbons (Fsp3) is 0.167. The van der Waals surface area contributed by atoms with Crippen molar-refractivity contribution in [2.45, 2.75) is 0 Å². The number of carbonyl (C=O) groups excluding carboxylic acids is 2. The van der Waals surface area contributed by atoms with Gasteiger partial charge in [-0.1, -0.05) is 6.07 Å². The van der Waals surface area contributed by atoms with Gasteiger partial charge in [0.25, 0.3) is 0 Å². The molecule has 0 unspecified atom stereocenters. The van der Waals surface area contributed by atoms with Crippen molar-refractivity contribution in [3.63, 3.8) is 0 Å². The first-order valence-electron chi connectivity index (χ1n) is 4.97. The number of ether oxygens (including phenoxy) is 2. The van der Waals surface area contributed by atoms with Crippen LogP contribution in [0.15, 0.2) is 18.2 Å². The van der Waals surface area contributed by atoms with Crippen molar-refractivity contribution in [3.8, 4) is 0 Å². The van der Waals surface area contributed by atoms with Gasteiger partial charge in [0, 0.05) is 13.7 Å². The van der Waals surface area contributed by atoms with Gasteiger partial charge >= 0.3 is 11.9 Å². The van der Waals surface area contributed by atoms with Gasteiger partial charge in [-0.2, -0.15) is 0 Å². The molecule has 2 rings (SSSR count). The maximum Gasteiger partial charge on any atom is 0.348 e. The highest BCUT2D eigenvalue weighted by molar-refractivity contribution is 14.1. The van der Waals surface area contributed by atoms with E-state index in [1.54, 1.807) is 0 Å². The number of rotatable bonds is 2. The molecule has 0 fully saturated rings. The summed E-state index contributed by atoms with van der Waals surface area (Å²) < 4.78 is 11.2. The topological polar surface area (TPSA) is 52.6 Å². The minimum absolute atomic E-state index is 0.281. The number of methoxy groups -OCH3 is 2. The number of esters is 2. The summed E-state index contributed by atoms with van der Waals surface area (Å²) in [6, 6.07) is 5.62. The molecular weight excluding hydrogens is 367 g/mol. The molecule has 0 aliphatic heterocycles. The summed E-state index contributed by atoms with van der Waals surface area (Å²) in [5.74, 6) is -1.04. The van der Waals surface area contributed by atoms with Crippen LogP contribution in [0.1, 0.15) is 20.0 Å². The third-order valence-corrected chi connectivity index (χ3v) is 4.46. The fourth-order valence-electron chi connectivity index (χ4n) is 1.64. The Kier molecular flexibility index (Phi) is 3.86. The van der Waals surface area contributed by atoms with Crippen molar-refractivity contribution in [2.24, 2.45) is 0 Å². The molecule has 0 bridgehead atoms. The standard InChI is InChI=1S/C12H9IO4S/c1-16-11(14)9-8-6(13)4-3-5-7(8)18-10(9)12(15)17-2/h3-5H,1-2H3. The molecule has 1 heterocycles. The van der Waals surface area contributed by atoms with Gasteiger partial charge < -0.3 is 9.47 Å². The van der Waals surface area contributed by atoms with E-state index < -0.39 is 11.9 Å². The summed E-state index contributed by atoms with van der Waals surface area (Å²) >= 11 is 3.36. The van der Waals surface area contributed by atoms with E-state index in [0.717, 1.165) is 13.7 Å². The van der Waals surface area contributed by atoms with Gasteiger partial charge in [0.1, 0.15) is 4.88 Å². The monoisotopic (exact) mass is 376 g/mol. The largest absolute Gasteiger partial charge is 0.465 e. The zero-order valence-electron chi connectivity index (χ0n) is 9.65. The van der Waals surface area contributed by atoms with Crippen molar-refractivity contribution >= 4 is 56.0 Å². The number of hydrogen-bond acceptors (Lipinski definition) is 5. The van der Waals surface area contributed by atoms with Crippen molar-refractivity contribution < 1.29 is 19.1 Å². The smallest absolute Gasteiger partial charge is 0.348 e. The van der Waals surface area contributed by atoms with Crippen LogP contribution < -0.4 is 0 Å². The molecule has 1 aromatic carbocycles. The molecule has 18 heavy (non-hydrogen) atoms. The summed E-state index contributed by atoms with van der Waals surface area (Å²) in [5, 5.41) is 0.746. The third kappa shape index (κ3) is 2.10. The number of carbonyl (C=O) groups is 2. The molecule has 6 heteroatoms. The summed E-state index contributed by atoms with van der Waals surface area (Å²) in [5.41, 5.74) is 0.286. The van der Waals surface area contributed by atoms with Gasteiger partial charge in [-0.05, 0) is 34.7 Å². The number of thiophene rings is 1. The highest BCUT2D eigenvalue weighted by Gasteiger charge is 2.26. The Morgan fingerprint density at radius 3 is 2.44 bits per heavy atom. The maximum absolute atomic E-state index is 11.9. The zero-order chi connectivity index (χ0) is 13.3. The molecule has 0 radical (unpaired) electrons. The minimum Gasteiger partial charge on any atom is -0.465 e. The van der Waals surface area contributed by atoms with Crippen molar-refractivity contribution in [1.29, 1.82) is 0 Å². The molecule has 0 saturated carbocycles. The number of benzene rings is 1. The van der Waals surface area contributed by atoms with E-state index in [2.05, 4.69) is 22.6 Å². The summed E-state index contributed by atoms with van der Waals surface area (Å²) in [4.78, 5) is 23.8. The molecule has 0 spiro atoms. The van der Waals surface area contributed by atoms with Gasteiger partial charge in [0.2, 0.25) is 0 Å². The average Bonchev–Trinajstić information content (AvgIpc) is 2.77. The highest BCUT2D eigenvalue weighted by atomic mass is 127. The predicted molar refractivity (Wildman–Crippen MR) is 77.2 cm³/mol. The van der Waals surface area contributed by atoms with Crippen LogP contribution in [0.25, 0.3) is 10.1 Å². The molecule has 0 aliphatic carbocycles. The molecule has 2 aromatic rings. The Labute approximate surface area is 121 Å². The Bertz CT molecular complexity index is 632. The fourth-order valence-corrected chi connectivity index (χ4v) is 3.73. The van der Waals surface area contributed by atoms with Gasteiger partial charge in [0.15, 0.2) is 0 Å². The van der Waals surface area contributed by atoms with E-state index in [0.29, 0.717) is 0 Å². The quantitative estimate of drug-likeness (QED) is 0.597. The molecular formula is C12H9IO4S. The van der Waals surface area contributed by atoms with Gasteiger partial charge in [-0.3, -0.25) is 0 Å². The first-order chi connectivity index (χ1) is 8.60. The van der Waals surface area contributed by atoms with Gasteiger partial charge in [-0.25, -0.2) is 9.59 Å². The number of hydrogen-bond donors (Lipinski definition) is 0. The third-order valence-electron chi connectivity index (χ3n) is 2.42. The lowest BCUT2D eigenvalue weighted by Gasteiger charge is -2.02. The van der Waals surface area contributed by atoms with E-state index in [-0.39, 0.29) is 10.4 Å². The molecule has 0 saturated heterocycles. The van der Waals surface area contributed by atoms with Crippen LogP contribution in [-0.2, 0) is 9.47 Å². The molecule has 0 amide bonds. The van der Waals surface area contributed by atoms with Crippen LogP contribution in [-0.4, -0.2) is 26.2 Å². The molecule has 4 nitrogen and oxygen atoms in total. The first-order valence-corrected chi connectivity index (χ1v) is 6.87. The van der Waals surface area contributed by atoms with Gasteiger partial charge in [0.05, 0.1) is 19.8 Å². The van der Waals surface area contributed by atoms with Crippen LogP contribution in [0.5, 0.6) is 0 Å². The predicted octanol–water partition coefficient (Wildman–Crippen LogP) is 3.08. The first kappa shape index (κ1) is 13.3. The number of fused-ring (bicyclic) bond motifs is 1. The normalized spacial score (nSPS) is 10.4. The van der Waals surface area contributed by atoms with E-state index >= 15 is 0 Å². The summed E-state index contributed by atoms with van der Waals surface area (Å²) in [6.07, 6.45) is 0. The van der Waals surface area contributed by atoms with Crippen LogP contribution in [0.3, 0.4) is 0 Å². The second-order valence-corrected chi connectivity index (χ2v) is 5.62. The zero-order valence-corrected chi connectivity index (χ0v) is 12.6. The second-order valence-electron chi connectivity index (χ2n) is 3.40. The van der Waals surface area contributed by atoms with Crippen molar-refractivity contribution in [2.75, 3.05) is 14.2 Å². The highest BCUT2D eigenvalue weighted by Crippen LogP contribution is 2.35. The summed E-state index contributed by atoms with van der Waals surface area (Å²) in [6.45, 7) is 0. The summed E-state index contributed by atoms with van der Waals surface area (Å²) in [7, 11) is 2.58. The van der Waals surface area contributed by atoms with Gasteiger partial charge in [-0.15, -0.1) is 11.3 Å². The van der Waals surface area contributed by atoms with E-state index in [1.165, 1.54) is 25.6 Å². The minimum atomic E-state index is -0.522. The Hall–Kier alpha value is -1.15. The molecule has 0 aliphatic rings. The lowest BCUT2D eigenvalue weighted by Crippen LogP contribution is -2.09. The Morgan fingerprint density at radius 2 is 1.83 bits per heavy atom. The molecule has 94 valence electrons. The van der Waals surface area contributed by atoms with E-state index in [4.69, 9.17) is 9.47 Å². The Morgan fingerprint density at radius 1 is 1.17 bits per heavy atom. The van der Waals surface area contributed by atoms with Crippen molar-refractivity contribution in [1.82, 2.24) is 0 Å².